The molecule has 29 heavy (non-hydrogen) atoms. The highest BCUT2D eigenvalue weighted by molar-refractivity contribution is 6.46. The summed E-state index contributed by atoms with van der Waals surface area (Å²) in [7, 11) is 0. The quantitative estimate of drug-likeness (QED) is 0.416. The minimum atomic E-state index is -0.803. The van der Waals surface area contributed by atoms with Crippen LogP contribution in [0.2, 0.25) is 0 Å². The number of rotatable bonds is 4. The number of aryl methyl sites for hydroxylation is 2. The molecule has 1 unspecified atom stereocenters. The lowest BCUT2D eigenvalue weighted by atomic mass is 9.96. The van der Waals surface area contributed by atoms with Crippen molar-refractivity contribution in [1.29, 1.82) is 0 Å². The van der Waals surface area contributed by atoms with Crippen molar-refractivity contribution in [3.63, 3.8) is 0 Å². The zero-order valence-electron chi connectivity index (χ0n) is 16.1. The van der Waals surface area contributed by atoms with E-state index in [-0.39, 0.29) is 17.9 Å². The van der Waals surface area contributed by atoms with Crippen molar-refractivity contribution in [2.45, 2.75) is 26.4 Å². The van der Waals surface area contributed by atoms with Crippen LogP contribution in [0.1, 0.15) is 34.2 Å². The molecule has 1 atom stereocenters. The predicted molar refractivity (Wildman–Crippen MR) is 107 cm³/mol. The van der Waals surface area contributed by atoms with Gasteiger partial charge in [-0.25, -0.2) is 0 Å². The molecule has 146 valence electrons. The number of aromatic nitrogens is 1. The van der Waals surface area contributed by atoms with Gasteiger partial charge in [0.15, 0.2) is 0 Å². The fourth-order valence-electron chi connectivity index (χ4n) is 3.50. The van der Waals surface area contributed by atoms with Crippen molar-refractivity contribution in [3.8, 4) is 0 Å². The number of hydrogen-bond donors (Lipinski definition) is 1. The Morgan fingerprint density at radius 1 is 1.10 bits per heavy atom. The maximum atomic E-state index is 12.9. The van der Waals surface area contributed by atoms with Crippen molar-refractivity contribution < 1.29 is 19.1 Å². The van der Waals surface area contributed by atoms with Gasteiger partial charge < -0.3 is 14.4 Å². The highest BCUT2D eigenvalue weighted by Crippen LogP contribution is 2.39. The molecule has 0 saturated carbocycles. The fraction of sp³-hybridized carbons (Fsp3) is 0.174. The number of hydrogen-bond acceptors (Lipinski definition) is 5. The molecule has 6 nitrogen and oxygen atoms in total. The van der Waals surface area contributed by atoms with E-state index in [0.717, 1.165) is 11.1 Å². The first kappa shape index (κ1) is 18.7. The molecule has 1 amide bonds. The maximum Gasteiger partial charge on any atom is 0.296 e. The predicted octanol–water partition coefficient (Wildman–Crippen LogP) is 3.91. The summed E-state index contributed by atoms with van der Waals surface area (Å²) in [6, 6.07) is 13.3. The number of Topliss-reactive ketones (excluding diaryl/α,β-unsaturated/α-hetero) is 1. The summed E-state index contributed by atoms with van der Waals surface area (Å²) < 4.78 is 5.37. The number of amides is 1. The van der Waals surface area contributed by atoms with Crippen LogP contribution in [0, 0.1) is 13.8 Å². The van der Waals surface area contributed by atoms with Gasteiger partial charge >= 0.3 is 0 Å². The van der Waals surface area contributed by atoms with Gasteiger partial charge in [0.25, 0.3) is 11.7 Å². The Kier molecular flexibility index (Phi) is 4.76. The number of benzene rings is 1. The highest BCUT2D eigenvalue weighted by Gasteiger charge is 2.47. The van der Waals surface area contributed by atoms with Crippen molar-refractivity contribution in [3.05, 3.63) is 94.7 Å². The van der Waals surface area contributed by atoms with Crippen LogP contribution in [0.15, 0.2) is 71.0 Å². The average molecular weight is 388 g/mol. The van der Waals surface area contributed by atoms with E-state index >= 15 is 0 Å². The van der Waals surface area contributed by atoms with Crippen molar-refractivity contribution >= 4 is 17.4 Å². The van der Waals surface area contributed by atoms with Crippen molar-refractivity contribution in [2.75, 3.05) is 0 Å². The standard InChI is InChI=1S/C23H20N2O4/c1-14-8-9-16(12-15(14)2)21(26)19-20(18-7-3-4-10-24-18)25(23(28)22(19)27)13-17-6-5-11-29-17/h3-12,20,26H,13H2,1-2H3/b21-19-. The lowest BCUT2D eigenvalue weighted by Gasteiger charge is -2.23. The molecule has 1 N–H and O–H groups in total. The number of likely N-dealkylation sites (tertiary alicyclic amines) is 1. The molecule has 0 bridgehead atoms. The van der Waals surface area contributed by atoms with Crippen LogP contribution < -0.4 is 0 Å². The number of carbonyl (C=O) groups is 2. The Morgan fingerprint density at radius 3 is 2.59 bits per heavy atom. The molecule has 0 spiro atoms. The average Bonchev–Trinajstić information content (AvgIpc) is 3.32. The van der Waals surface area contributed by atoms with E-state index in [1.54, 1.807) is 48.7 Å². The second kappa shape index (κ2) is 7.39. The molecular weight excluding hydrogens is 368 g/mol. The monoisotopic (exact) mass is 388 g/mol. The molecular formula is C23H20N2O4. The first-order valence-corrected chi connectivity index (χ1v) is 9.26. The summed E-state index contributed by atoms with van der Waals surface area (Å²) in [6.45, 7) is 4.00. The van der Waals surface area contributed by atoms with E-state index in [9.17, 15) is 14.7 Å². The molecule has 1 fully saturated rings. The minimum absolute atomic E-state index is 0.0310. The van der Waals surface area contributed by atoms with Gasteiger partial charge in [-0.15, -0.1) is 0 Å². The third-order valence-electron chi connectivity index (χ3n) is 5.19. The molecule has 6 heteroatoms. The Balaban J connectivity index is 1.87. The maximum absolute atomic E-state index is 12.9. The molecule has 1 aliphatic heterocycles. The molecule has 3 aromatic rings. The zero-order chi connectivity index (χ0) is 20.5. The largest absolute Gasteiger partial charge is 0.507 e. The smallest absolute Gasteiger partial charge is 0.296 e. The Labute approximate surface area is 168 Å². The zero-order valence-corrected chi connectivity index (χ0v) is 16.1. The number of furan rings is 1. The van der Waals surface area contributed by atoms with E-state index in [1.807, 2.05) is 19.9 Å². The summed E-state index contributed by atoms with van der Waals surface area (Å²) in [4.78, 5) is 31.5. The number of pyridine rings is 1. The van der Waals surface area contributed by atoms with Crippen molar-refractivity contribution in [2.24, 2.45) is 0 Å². The molecule has 0 aliphatic carbocycles. The number of aliphatic hydroxyl groups excluding tert-OH is 1. The van der Waals surface area contributed by atoms with Crippen LogP contribution in [-0.2, 0) is 16.1 Å². The minimum Gasteiger partial charge on any atom is -0.507 e. The second-order valence-electron chi connectivity index (χ2n) is 7.06. The third-order valence-corrected chi connectivity index (χ3v) is 5.19. The lowest BCUT2D eigenvalue weighted by Crippen LogP contribution is -2.29. The van der Waals surface area contributed by atoms with Crippen LogP contribution in [0.5, 0.6) is 0 Å². The number of nitrogens with zero attached hydrogens (tertiary/aromatic N) is 2. The number of aliphatic hydroxyl groups is 1. The SMILES string of the molecule is Cc1ccc(/C(O)=C2/C(=O)C(=O)N(Cc3ccco3)C2c2ccccn2)cc1C. The van der Waals surface area contributed by atoms with Gasteiger partial charge in [0.2, 0.25) is 0 Å². The van der Waals surface area contributed by atoms with Gasteiger partial charge in [-0.2, -0.15) is 0 Å². The van der Waals surface area contributed by atoms with E-state index in [2.05, 4.69) is 4.98 Å². The van der Waals surface area contributed by atoms with E-state index in [0.29, 0.717) is 17.0 Å². The highest BCUT2D eigenvalue weighted by atomic mass is 16.3. The topological polar surface area (TPSA) is 83.6 Å². The molecule has 3 heterocycles. The van der Waals surface area contributed by atoms with Crippen molar-refractivity contribution in [1.82, 2.24) is 9.88 Å². The molecule has 0 radical (unpaired) electrons. The number of ketones is 1. The van der Waals surface area contributed by atoms with Crippen LogP contribution in [0.4, 0.5) is 0 Å². The van der Waals surface area contributed by atoms with Crippen LogP contribution >= 0.6 is 0 Å². The molecule has 4 rings (SSSR count). The van der Waals surface area contributed by atoms with Crippen LogP contribution in [-0.4, -0.2) is 26.7 Å². The summed E-state index contributed by atoms with van der Waals surface area (Å²) >= 11 is 0. The van der Waals surface area contributed by atoms with Gasteiger partial charge in [-0.1, -0.05) is 18.2 Å². The van der Waals surface area contributed by atoms with Gasteiger partial charge in [0.1, 0.15) is 17.6 Å². The first-order valence-electron chi connectivity index (χ1n) is 9.26. The summed E-state index contributed by atoms with van der Waals surface area (Å²) in [5.41, 5.74) is 3.08. The summed E-state index contributed by atoms with van der Waals surface area (Å²) in [6.07, 6.45) is 3.11. The second-order valence-corrected chi connectivity index (χ2v) is 7.06. The Bertz CT molecular complexity index is 1100. The first-order chi connectivity index (χ1) is 14.0. The Hall–Kier alpha value is -3.67. The third kappa shape index (κ3) is 3.33. The van der Waals surface area contributed by atoms with Crippen LogP contribution in [0.3, 0.4) is 0 Å². The Morgan fingerprint density at radius 2 is 1.93 bits per heavy atom. The summed E-state index contributed by atoms with van der Waals surface area (Å²) in [5.74, 6) is -1.09. The fourth-order valence-corrected chi connectivity index (χ4v) is 3.50. The van der Waals surface area contributed by atoms with E-state index in [4.69, 9.17) is 4.42 Å². The van der Waals surface area contributed by atoms with Crippen LogP contribution in [0.25, 0.3) is 5.76 Å². The van der Waals surface area contributed by atoms with E-state index < -0.39 is 17.7 Å². The molecule has 1 aromatic carbocycles. The lowest BCUT2D eigenvalue weighted by molar-refractivity contribution is -0.140. The van der Waals surface area contributed by atoms with Gasteiger partial charge in [0.05, 0.1) is 24.1 Å². The molecule has 2 aromatic heterocycles. The molecule has 1 aliphatic rings. The van der Waals surface area contributed by atoms with Gasteiger partial charge in [-0.3, -0.25) is 14.6 Å². The number of carbonyl (C=O) groups excluding carboxylic acids is 2. The summed E-state index contributed by atoms with van der Waals surface area (Å²) in [5, 5.41) is 11.0. The van der Waals surface area contributed by atoms with Gasteiger partial charge in [-0.05, 0) is 55.3 Å². The normalized spacial score (nSPS) is 18.4. The molecule has 1 saturated heterocycles. The van der Waals surface area contributed by atoms with E-state index in [1.165, 1.54) is 11.2 Å². The van der Waals surface area contributed by atoms with Gasteiger partial charge in [0, 0.05) is 11.8 Å².